The summed E-state index contributed by atoms with van der Waals surface area (Å²) in [6.45, 7) is 6.65. The van der Waals surface area contributed by atoms with Gasteiger partial charge in [0.2, 0.25) is 0 Å². The topological polar surface area (TPSA) is 44.5 Å². The molecular formula is C17H25NO2. The van der Waals surface area contributed by atoms with E-state index in [0.717, 1.165) is 39.1 Å². The quantitative estimate of drug-likeness (QED) is 0.902. The first-order chi connectivity index (χ1) is 9.58. The minimum absolute atomic E-state index is 0.0561. The van der Waals surface area contributed by atoms with Gasteiger partial charge in [-0.1, -0.05) is 29.3 Å². The lowest BCUT2D eigenvalue weighted by Crippen LogP contribution is -2.43. The van der Waals surface area contributed by atoms with Gasteiger partial charge in [-0.15, -0.1) is 0 Å². The molecule has 3 unspecified atom stereocenters. The number of hydrogen-bond acceptors (Lipinski definition) is 3. The summed E-state index contributed by atoms with van der Waals surface area (Å²) in [5, 5.41) is 0. The molecule has 2 aliphatic rings. The van der Waals surface area contributed by atoms with Gasteiger partial charge in [0.1, 0.15) is 0 Å². The van der Waals surface area contributed by atoms with Crippen molar-refractivity contribution in [1.82, 2.24) is 0 Å². The third-order valence-corrected chi connectivity index (χ3v) is 4.73. The lowest BCUT2D eigenvalue weighted by atomic mass is 9.79. The number of nitrogens with two attached hydrogens (primary N) is 1. The highest BCUT2D eigenvalue weighted by atomic mass is 16.6. The lowest BCUT2D eigenvalue weighted by Gasteiger charge is -2.39. The van der Waals surface area contributed by atoms with Crippen molar-refractivity contribution in [2.24, 2.45) is 11.7 Å². The van der Waals surface area contributed by atoms with Crippen LogP contribution in [0.3, 0.4) is 0 Å². The number of rotatable bonds is 2. The molecular weight excluding hydrogens is 250 g/mol. The van der Waals surface area contributed by atoms with Crippen LogP contribution in [0.1, 0.15) is 42.0 Å². The zero-order valence-corrected chi connectivity index (χ0v) is 12.5. The number of ether oxygens (including phenoxy) is 2. The monoisotopic (exact) mass is 275 g/mol. The summed E-state index contributed by atoms with van der Waals surface area (Å²) in [6, 6.07) is 6.76. The largest absolute Gasteiger partial charge is 0.378 e. The van der Waals surface area contributed by atoms with Gasteiger partial charge in [-0.05, 0) is 38.2 Å². The van der Waals surface area contributed by atoms with Gasteiger partial charge in [0.25, 0.3) is 0 Å². The van der Waals surface area contributed by atoms with Gasteiger partial charge in [0, 0.05) is 25.7 Å². The van der Waals surface area contributed by atoms with E-state index in [1.807, 2.05) is 0 Å². The molecule has 1 aromatic rings. The predicted octanol–water partition coefficient (Wildman–Crippen LogP) is 2.89. The van der Waals surface area contributed by atoms with E-state index < -0.39 is 0 Å². The molecule has 2 saturated heterocycles. The number of benzene rings is 1. The maximum absolute atomic E-state index is 6.56. The van der Waals surface area contributed by atoms with Gasteiger partial charge < -0.3 is 15.2 Å². The van der Waals surface area contributed by atoms with E-state index in [1.165, 1.54) is 16.7 Å². The second-order valence-corrected chi connectivity index (χ2v) is 6.53. The van der Waals surface area contributed by atoms with Gasteiger partial charge in [-0.25, -0.2) is 0 Å². The Labute approximate surface area is 121 Å². The molecule has 0 aromatic heterocycles. The molecule has 0 bridgehead atoms. The molecule has 2 fully saturated rings. The first kappa shape index (κ1) is 14.1. The normalized spacial score (nSPS) is 31.6. The summed E-state index contributed by atoms with van der Waals surface area (Å²) in [5.74, 6) is 0.492. The molecule has 3 atom stereocenters. The molecule has 20 heavy (non-hydrogen) atoms. The Kier molecular flexibility index (Phi) is 3.85. The van der Waals surface area contributed by atoms with Crippen molar-refractivity contribution in [2.45, 2.75) is 44.8 Å². The summed E-state index contributed by atoms with van der Waals surface area (Å²) < 4.78 is 11.6. The van der Waals surface area contributed by atoms with E-state index in [9.17, 15) is 0 Å². The van der Waals surface area contributed by atoms with Crippen LogP contribution in [0.5, 0.6) is 0 Å². The molecule has 1 aromatic carbocycles. The summed E-state index contributed by atoms with van der Waals surface area (Å²) in [7, 11) is 0. The van der Waals surface area contributed by atoms with Crippen molar-refractivity contribution in [1.29, 1.82) is 0 Å². The smallest absolute Gasteiger partial charge is 0.0940 e. The first-order valence-corrected chi connectivity index (χ1v) is 7.63. The molecule has 2 N–H and O–H groups in total. The van der Waals surface area contributed by atoms with E-state index in [-0.39, 0.29) is 11.6 Å². The fourth-order valence-corrected chi connectivity index (χ4v) is 3.71. The number of aryl methyl sites for hydroxylation is 2. The molecule has 3 rings (SSSR count). The lowest BCUT2D eigenvalue weighted by molar-refractivity contribution is -0.101. The van der Waals surface area contributed by atoms with Gasteiger partial charge in [-0.2, -0.15) is 0 Å². The number of hydrogen-bond donors (Lipinski definition) is 1. The van der Waals surface area contributed by atoms with Crippen molar-refractivity contribution in [3.05, 3.63) is 34.9 Å². The Morgan fingerprint density at radius 1 is 1.20 bits per heavy atom. The molecule has 0 radical (unpaired) electrons. The molecule has 3 nitrogen and oxygen atoms in total. The van der Waals surface area contributed by atoms with Crippen LogP contribution < -0.4 is 5.73 Å². The van der Waals surface area contributed by atoms with Crippen LogP contribution in [0.2, 0.25) is 0 Å². The minimum atomic E-state index is -0.0561. The highest BCUT2D eigenvalue weighted by molar-refractivity contribution is 5.31. The van der Waals surface area contributed by atoms with Crippen molar-refractivity contribution < 1.29 is 9.47 Å². The average molecular weight is 275 g/mol. The van der Waals surface area contributed by atoms with Crippen LogP contribution in [0.25, 0.3) is 0 Å². The molecule has 2 aliphatic heterocycles. The van der Waals surface area contributed by atoms with Crippen molar-refractivity contribution in [2.75, 3.05) is 19.8 Å². The fraction of sp³-hybridized carbons (Fsp3) is 0.647. The summed E-state index contributed by atoms with van der Waals surface area (Å²) in [6.07, 6.45) is 3.10. The maximum atomic E-state index is 6.56. The highest BCUT2D eigenvalue weighted by Crippen LogP contribution is 2.40. The van der Waals surface area contributed by atoms with E-state index in [4.69, 9.17) is 15.2 Å². The van der Waals surface area contributed by atoms with Crippen molar-refractivity contribution in [3.8, 4) is 0 Å². The predicted molar refractivity (Wildman–Crippen MR) is 79.7 cm³/mol. The van der Waals surface area contributed by atoms with Crippen LogP contribution in [0, 0.1) is 19.8 Å². The second-order valence-electron chi connectivity index (χ2n) is 6.53. The van der Waals surface area contributed by atoms with Gasteiger partial charge in [-0.3, -0.25) is 0 Å². The van der Waals surface area contributed by atoms with E-state index in [2.05, 4.69) is 32.0 Å². The first-order valence-electron chi connectivity index (χ1n) is 7.63. The van der Waals surface area contributed by atoms with Crippen LogP contribution in [0.15, 0.2) is 18.2 Å². The molecule has 0 amide bonds. The average Bonchev–Trinajstić information content (AvgIpc) is 2.85. The van der Waals surface area contributed by atoms with Crippen molar-refractivity contribution in [3.63, 3.8) is 0 Å². The zero-order valence-electron chi connectivity index (χ0n) is 12.5. The Bertz CT molecular complexity index is 460. The Morgan fingerprint density at radius 2 is 1.95 bits per heavy atom. The molecule has 2 heterocycles. The van der Waals surface area contributed by atoms with Crippen molar-refractivity contribution >= 4 is 0 Å². The van der Waals surface area contributed by atoms with Crippen LogP contribution in [0.4, 0.5) is 0 Å². The third-order valence-electron chi connectivity index (χ3n) is 4.73. The Morgan fingerprint density at radius 3 is 2.60 bits per heavy atom. The summed E-state index contributed by atoms with van der Waals surface area (Å²) >= 11 is 0. The molecule has 3 heteroatoms. The van der Waals surface area contributed by atoms with E-state index in [1.54, 1.807) is 0 Å². The summed E-state index contributed by atoms with van der Waals surface area (Å²) in [4.78, 5) is 0. The molecule has 1 spiro atoms. The highest BCUT2D eigenvalue weighted by Gasteiger charge is 2.42. The second kappa shape index (κ2) is 5.47. The SMILES string of the molecule is Cc1cc(C)cc(C(N)C2CCOC3(CCOC3)C2)c1. The molecule has 110 valence electrons. The minimum Gasteiger partial charge on any atom is -0.378 e. The molecule has 0 aliphatic carbocycles. The standard InChI is InChI=1S/C17H25NO2/c1-12-7-13(2)9-15(8-12)16(18)14-3-5-20-17(10-14)4-6-19-11-17/h7-9,14,16H,3-6,10-11,18H2,1-2H3. The fourth-order valence-electron chi connectivity index (χ4n) is 3.71. The van der Waals surface area contributed by atoms with E-state index >= 15 is 0 Å². The third kappa shape index (κ3) is 2.76. The Balaban J connectivity index is 1.77. The van der Waals surface area contributed by atoms with Gasteiger partial charge in [0.15, 0.2) is 0 Å². The van der Waals surface area contributed by atoms with Gasteiger partial charge in [0.05, 0.1) is 12.2 Å². The van der Waals surface area contributed by atoms with Gasteiger partial charge >= 0.3 is 0 Å². The summed E-state index contributed by atoms with van der Waals surface area (Å²) in [5.41, 5.74) is 10.4. The van der Waals surface area contributed by atoms with Crippen LogP contribution in [-0.2, 0) is 9.47 Å². The zero-order chi connectivity index (χ0) is 14.2. The van der Waals surface area contributed by atoms with Crippen LogP contribution >= 0.6 is 0 Å². The maximum Gasteiger partial charge on any atom is 0.0940 e. The van der Waals surface area contributed by atoms with Crippen LogP contribution in [-0.4, -0.2) is 25.4 Å². The van der Waals surface area contributed by atoms with E-state index in [0.29, 0.717) is 5.92 Å². The Hall–Kier alpha value is -0.900. The molecule has 0 saturated carbocycles.